The van der Waals surface area contributed by atoms with Gasteiger partial charge in [-0.05, 0) is 31.5 Å². The summed E-state index contributed by atoms with van der Waals surface area (Å²) in [5.74, 6) is 1.04. The lowest BCUT2D eigenvalue weighted by molar-refractivity contribution is 0.673. The fourth-order valence-electron chi connectivity index (χ4n) is 1.64. The van der Waals surface area contributed by atoms with Gasteiger partial charge < -0.3 is 5.32 Å². The van der Waals surface area contributed by atoms with Crippen molar-refractivity contribution < 1.29 is 0 Å². The molecule has 2 rings (SSSR count). The zero-order valence-corrected chi connectivity index (χ0v) is 10.5. The molecule has 0 aliphatic carbocycles. The Morgan fingerprint density at radius 3 is 3.19 bits per heavy atom. The van der Waals surface area contributed by atoms with E-state index in [4.69, 9.17) is 5.26 Å². The van der Waals surface area contributed by atoms with Gasteiger partial charge in [0.05, 0.1) is 16.7 Å². The first-order valence-corrected chi connectivity index (χ1v) is 6.09. The Balaban J connectivity index is 0.00000128. The third-order valence-electron chi connectivity index (χ3n) is 2.46. The molecule has 5 heteroatoms. The van der Waals surface area contributed by atoms with Crippen LogP contribution in [0.2, 0.25) is 0 Å². The molecule has 1 aliphatic heterocycles. The Hall–Kier alpha value is -0.760. The Labute approximate surface area is 106 Å². The number of hydrogen-bond donors (Lipinski definition) is 1. The van der Waals surface area contributed by atoms with Gasteiger partial charge in [-0.2, -0.15) is 5.26 Å². The van der Waals surface area contributed by atoms with Crippen molar-refractivity contribution in [1.82, 2.24) is 10.3 Å². The van der Waals surface area contributed by atoms with Crippen molar-refractivity contribution in [3.8, 4) is 6.07 Å². The molecule has 1 aliphatic rings. The lowest BCUT2D eigenvalue weighted by Gasteiger charge is -2.08. The average Bonchev–Trinajstić information content (AvgIpc) is 2.79. The summed E-state index contributed by atoms with van der Waals surface area (Å²) in [6.07, 6.45) is 4.23. The van der Waals surface area contributed by atoms with Gasteiger partial charge in [0, 0.05) is 18.0 Å². The molecular formula is C11H14ClN3S. The second-order valence-corrected chi connectivity index (χ2v) is 4.64. The van der Waals surface area contributed by atoms with E-state index in [2.05, 4.69) is 16.4 Å². The van der Waals surface area contributed by atoms with Crippen LogP contribution in [0.1, 0.15) is 18.4 Å². The highest BCUT2D eigenvalue weighted by Crippen LogP contribution is 2.19. The van der Waals surface area contributed by atoms with Gasteiger partial charge in [0.25, 0.3) is 0 Å². The Morgan fingerprint density at radius 2 is 2.50 bits per heavy atom. The van der Waals surface area contributed by atoms with E-state index in [9.17, 15) is 0 Å². The van der Waals surface area contributed by atoms with Gasteiger partial charge in [-0.15, -0.1) is 24.2 Å². The van der Waals surface area contributed by atoms with E-state index < -0.39 is 0 Å². The van der Waals surface area contributed by atoms with E-state index >= 15 is 0 Å². The van der Waals surface area contributed by atoms with Crippen LogP contribution in [0, 0.1) is 11.3 Å². The number of nitriles is 1. The van der Waals surface area contributed by atoms with E-state index in [1.807, 2.05) is 6.07 Å². The number of hydrogen-bond acceptors (Lipinski definition) is 4. The third-order valence-corrected chi connectivity index (χ3v) is 3.55. The Bertz CT molecular complexity index is 372. The van der Waals surface area contributed by atoms with Crippen LogP contribution in [0.25, 0.3) is 0 Å². The van der Waals surface area contributed by atoms with Crippen LogP contribution < -0.4 is 5.32 Å². The molecule has 0 spiro atoms. The summed E-state index contributed by atoms with van der Waals surface area (Å²) in [5, 5.41) is 13.1. The number of aromatic nitrogens is 1. The lowest BCUT2D eigenvalue weighted by Crippen LogP contribution is -2.23. The molecule has 1 atom stereocenters. The van der Waals surface area contributed by atoms with Crippen molar-refractivity contribution in [3.05, 3.63) is 23.9 Å². The molecule has 0 radical (unpaired) electrons. The molecule has 86 valence electrons. The zero-order chi connectivity index (χ0) is 10.5. The predicted octanol–water partition coefficient (Wildman–Crippen LogP) is 2.22. The third kappa shape index (κ3) is 3.67. The van der Waals surface area contributed by atoms with E-state index in [0.717, 1.165) is 17.3 Å². The molecule has 2 heterocycles. The van der Waals surface area contributed by atoms with Crippen LogP contribution in [0.4, 0.5) is 0 Å². The first-order valence-electron chi connectivity index (χ1n) is 5.11. The maximum atomic E-state index is 8.74. The molecule has 16 heavy (non-hydrogen) atoms. The number of nitrogens with zero attached hydrogens (tertiary/aromatic N) is 2. The molecule has 0 saturated carbocycles. The number of nitrogens with one attached hydrogen (secondary N) is 1. The van der Waals surface area contributed by atoms with E-state index in [1.165, 1.54) is 12.8 Å². The van der Waals surface area contributed by atoms with E-state index in [0.29, 0.717) is 11.6 Å². The number of halogens is 1. The molecule has 1 aromatic heterocycles. The van der Waals surface area contributed by atoms with Crippen LogP contribution in [-0.4, -0.2) is 23.3 Å². The summed E-state index contributed by atoms with van der Waals surface area (Å²) in [6.45, 7) is 1.14. The summed E-state index contributed by atoms with van der Waals surface area (Å²) in [6, 6.07) is 6.32. The average molecular weight is 256 g/mol. The first kappa shape index (κ1) is 13.3. The largest absolute Gasteiger partial charge is 0.313 e. The molecule has 0 bridgehead atoms. The molecule has 1 N–H and O–H groups in total. The van der Waals surface area contributed by atoms with Gasteiger partial charge in [-0.1, -0.05) is 0 Å². The quantitative estimate of drug-likeness (QED) is 0.842. The van der Waals surface area contributed by atoms with Crippen molar-refractivity contribution in [3.63, 3.8) is 0 Å². The molecule has 3 nitrogen and oxygen atoms in total. The highest BCUT2D eigenvalue weighted by atomic mass is 35.5. The van der Waals surface area contributed by atoms with Gasteiger partial charge in [0.1, 0.15) is 0 Å². The normalized spacial score (nSPS) is 18.8. The highest BCUT2D eigenvalue weighted by molar-refractivity contribution is 7.99. The zero-order valence-electron chi connectivity index (χ0n) is 8.85. The predicted molar refractivity (Wildman–Crippen MR) is 67.9 cm³/mol. The minimum absolute atomic E-state index is 0. The number of thioether (sulfide) groups is 1. The van der Waals surface area contributed by atoms with E-state index in [1.54, 1.807) is 24.0 Å². The number of pyridine rings is 1. The van der Waals surface area contributed by atoms with Crippen molar-refractivity contribution in [2.45, 2.75) is 23.9 Å². The van der Waals surface area contributed by atoms with Gasteiger partial charge in [0.2, 0.25) is 0 Å². The molecular weight excluding hydrogens is 242 g/mol. The molecule has 1 fully saturated rings. The number of rotatable bonds is 3. The van der Waals surface area contributed by atoms with Crippen LogP contribution in [-0.2, 0) is 0 Å². The maximum absolute atomic E-state index is 8.74. The van der Waals surface area contributed by atoms with Gasteiger partial charge in [-0.25, -0.2) is 4.98 Å². The van der Waals surface area contributed by atoms with Crippen molar-refractivity contribution >= 4 is 24.2 Å². The topological polar surface area (TPSA) is 48.7 Å². The molecule has 0 aromatic carbocycles. The second-order valence-electron chi connectivity index (χ2n) is 3.60. The summed E-state index contributed by atoms with van der Waals surface area (Å²) in [4.78, 5) is 4.23. The second kappa shape index (κ2) is 6.74. The molecule has 1 saturated heterocycles. The molecule has 1 unspecified atom stereocenters. The van der Waals surface area contributed by atoms with Crippen molar-refractivity contribution in [2.75, 3.05) is 12.3 Å². The lowest BCUT2D eigenvalue weighted by atomic mass is 10.3. The maximum Gasteiger partial charge on any atom is 0.0993 e. The van der Waals surface area contributed by atoms with Gasteiger partial charge in [-0.3, -0.25) is 0 Å². The minimum atomic E-state index is 0. The van der Waals surface area contributed by atoms with Crippen LogP contribution in [0.3, 0.4) is 0 Å². The van der Waals surface area contributed by atoms with Crippen molar-refractivity contribution in [2.24, 2.45) is 0 Å². The SMILES string of the molecule is Cl.N#Cc1ccnc(SCC2CCCN2)c1. The fourth-order valence-corrected chi connectivity index (χ4v) is 2.65. The van der Waals surface area contributed by atoms with Gasteiger partial charge in [0.15, 0.2) is 0 Å². The highest BCUT2D eigenvalue weighted by Gasteiger charge is 2.14. The van der Waals surface area contributed by atoms with Crippen LogP contribution in [0.5, 0.6) is 0 Å². The fraction of sp³-hybridized carbons (Fsp3) is 0.455. The molecule has 1 aromatic rings. The first-order chi connectivity index (χ1) is 7.38. The Morgan fingerprint density at radius 1 is 1.62 bits per heavy atom. The van der Waals surface area contributed by atoms with E-state index in [-0.39, 0.29) is 12.4 Å². The summed E-state index contributed by atoms with van der Waals surface area (Å²) < 4.78 is 0. The summed E-state index contributed by atoms with van der Waals surface area (Å²) >= 11 is 1.72. The standard InChI is InChI=1S/C11H13N3S.ClH/c12-7-9-3-5-14-11(6-9)15-8-10-2-1-4-13-10;/h3,5-6,10,13H,1-2,4,8H2;1H. The smallest absolute Gasteiger partial charge is 0.0993 e. The summed E-state index contributed by atoms with van der Waals surface area (Å²) in [5.41, 5.74) is 0.687. The Kier molecular flexibility index (Phi) is 5.61. The van der Waals surface area contributed by atoms with Crippen LogP contribution in [0.15, 0.2) is 23.4 Å². The van der Waals surface area contributed by atoms with Gasteiger partial charge >= 0.3 is 0 Å². The minimum Gasteiger partial charge on any atom is -0.313 e. The summed E-state index contributed by atoms with van der Waals surface area (Å²) in [7, 11) is 0. The molecule has 0 amide bonds. The monoisotopic (exact) mass is 255 g/mol. The van der Waals surface area contributed by atoms with Crippen LogP contribution >= 0.6 is 24.2 Å². The van der Waals surface area contributed by atoms with Crippen molar-refractivity contribution in [1.29, 1.82) is 5.26 Å².